The van der Waals surface area contributed by atoms with Crippen molar-refractivity contribution in [2.24, 2.45) is 0 Å². The van der Waals surface area contributed by atoms with Gasteiger partial charge in [-0.05, 0) is 12.8 Å². The van der Waals surface area contributed by atoms with Gasteiger partial charge in [0.05, 0.1) is 0 Å². The minimum Gasteiger partial charge on any atom is -0.291 e. The van der Waals surface area contributed by atoms with Crippen LogP contribution >= 0.6 is 0 Å². The summed E-state index contributed by atoms with van der Waals surface area (Å²) in [4.78, 5) is 19.5. The lowest BCUT2D eigenvalue weighted by Crippen LogP contribution is -1.81. The van der Waals surface area contributed by atoms with Crippen LogP contribution in [-0.4, -0.2) is 12.6 Å². The summed E-state index contributed by atoms with van der Waals surface area (Å²) in [5.41, 5.74) is 0. The van der Waals surface area contributed by atoms with E-state index in [2.05, 4.69) is 0 Å². The minimum absolute atomic E-state index is 0.555. The first-order chi connectivity index (χ1) is 5.41. The lowest BCUT2D eigenvalue weighted by atomic mass is 10.1. The zero-order valence-electron chi connectivity index (χ0n) is 6.77. The molecule has 0 saturated carbocycles. The first-order valence-corrected chi connectivity index (χ1v) is 4.12. The summed E-state index contributed by atoms with van der Waals surface area (Å²) in [6.45, 7) is 0. The average molecular weight is 154 g/mol. The van der Waals surface area contributed by atoms with Gasteiger partial charge in [0.2, 0.25) is 0 Å². The molecule has 0 aromatic carbocycles. The zero-order valence-corrected chi connectivity index (χ0v) is 6.77. The highest BCUT2D eigenvalue weighted by Crippen LogP contribution is 2.05. The lowest BCUT2D eigenvalue weighted by Gasteiger charge is -1.95. The summed E-state index contributed by atoms with van der Waals surface area (Å²) in [5.74, 6) is 0. The Bertz CT molecular complexity index is 87.7. The molecule has 2 radical (unpaired) electrons. The van der Waals surface area contributed by atoms with Crippen molar-refractivity contribution in [2.45, 2.75) is 44.9 Å². The van der Waals surface area contributed by atoms with Gasteiger partial charge in [-0.3, -0.25) is 9.59 Å². The summed E-state index contributed by atoms with van der Waals surface area (Å²) in [5, 5.41) is 0. The van der Waals surface area contributed by atoms with Gasteiger partial charge < -0.3 is 0 Å². The van der Waals surface area contributed by atoms with Crippen LogP contribution in [-0.2, 0) is 9.59 Å². The molecule has 0 fully saturated rings. The second kappa shape index (κ2) is 9.34. The van der Waals surface area contributed by atoms with E-state index in [1.54, 1.807) is 0 Å². The molecule has 0 spiro atoms. The van der Waals surface area contributed by atoms with Crippen LogP contribution in [0.15, 0.2) is 0 Å². The number of carbonyl (C=O) groups excluding carboxylic acids is 2. The van der Waals surface area contributed by atoms with Crippen LogP contribution in [0.25, 0.3) is 0 Å². The van der Waals surface area contributed by atoms with Gasteiger partial charge in [0.1, 0.15) is 0 Å². The Morgan fingerprint density at radius 1 is 0.636 bits per heavy atom. The molecule has 0 rings (SSSR count). The highest BCUT2D eigenvalue weighted by Gasteiger charge is 1.90. The van der Waals surface area contributed by atoms with Gasteiger partial charge in [-0.25, -0.2) is 0 Å². The van der Waals surface area contributed by atoms with Crippen molar-refractivity contribution in [3.05, 3.63) is 0 Å². The molecular weight excluding hydrogens is 140 g/mol. The lowest BCUT2D eigenvalue weighted by molar-refractivity contribution is 0.537. The van der Waals surface area contributed by atoms with Gasteiger partial charge in [0, 0.05) is 12.8 Å². The van der Waals surface area contributed by atoms with Crippen molar-refractivity contribution in [3.8, 4) is 0 Å². The summed E-state index contributed by atoms with van der Waals surface area (Å²) in [6, 6.07) is 0. The van der Waals surface area contributed by atoms with E-state index in [-0.39, 0.29) is 0 Å². The second-order valence-electron chi connectivity index (χ2n) is 2.56. The first kappa shape index (κ1) is 10.3. The molecule has 0 saturated heterocycles. The Labute approximate surface area is 68.0 Å². The highest BCUT2D eigenvalue weighted by atomic mass is 16.1. The first-order valence-electron chi connectivity index (χ1n) is 4.12. The molecular formula is C9H14O2. The van der Waals surface area contributed by atoms with Crippen LogP contribution in [0.3, 0.4) is 0 Å². The molecule has 0 amide bonds. The van der Waals surface area contributed by atoms with Crippen LogP contribution in [0.2, 0.25) is 0 Å². The third-order valence-electron chi connectivity index (χ3n) is 1.56. The van der Waals surface area contributed by atoms with E-state index in [1.165, 1.54) is 0 Å². The predicted molar refractivity (Wildman–Crippen MR) is 43.7 cm³/mol. The maximum atomic E-state index is 9.76. The van der Waals surface area contributed by atoms with Gasteiger partial charge in [-0.2, -0.15) is 0 Å². The fraction of sp³-hybridized carbons (Fsp3) is 0.778. The molecule has 0 bridgehead atoms. The SMILES string of the molecule is O=[C]CCCCCCC[C]=O. The van der Waals surface area contributed by atoms with E-state index < -0.39 is 0 Å². The molecule has 0 aliphatic carbocycles. The Morgan fingerprint density at radius 2 is 1.00 bits per heavy atom. The molecule has 0 unspecified atom stereocenters. The molecule has 0 atom stereocenters. The maximum absolute atomic E-state index is 9.76. The molecule has 62 valence electrons. The number of unbranched alkanes of at least 4 members (excludes halogenated alkanes) is 6. The van der Waals surface area contributed by atoms with Gasteiger partial charge >= 0.3 is 0 Å². The van der Waals surface area contributed by atoms with E-state index in [4.69, 9.17) is 0 Å². The van der Waals surface area contributed by atoms with E-state index in [1.807, 2.05) is 12.6 Å². The van der Waals surface area contributed by atoms with Crippen molar-refractivity contribution in [3.63, 3.8) is 0 Å². The topological polar surface area (TPSA) is 34.1 Å². The van der Waals surface area contributed by atoms with Crippen molar-refractivity contribution in [2.75, 3.05) is 0 Å². The van der Waals surface area contributed by atoms with Crippen molar-refractivity contribution < 1.29 is 9.59 Å². The number of hydrogen-bond donors (Lipinski definition) is 0. The minimum atomic E-state index is 0.555. The molecule has 2 nitrogen and oxygen atoms in total. The van der Waals surface area contributed by atoms with Crippen LogP contribution in [0.1, 0.15) is 44.9 Å². The third-order valence-corrected chi connectivity index (χ3v) is 1.56. The zero-order chi connectivity index (χ0) is 8.36. The van der Waals surface area contributed by atoms with Crippen LogP contribution in [0.4, 0.5) is 0 Å². The molecule has 0 aliphatic rings. The Morgan fingerprint density at radius 3 is 1.36 bits per heavy atom. The number of rotatable bonds is 8. The molecule has 2 heteroatoms. The Balaban J connectivity index is 2.79. The highest BCUT2D eigenvalue weighted by molar-refractivity contribution is 5.50. The molecule has 0 aliphatic heterocycles. The summed E-state index contributed by atoms with van der Waals surface area (Å²) in [6.07, 6.45) is 9.97. The van der Waals surface area contributed by atoms with Gasteiger partial charge in [-0.15, -0.1) is 0 Å². The maximum Gasteiger partial charge on any atom is 0.198 e. The van der Waals surface area contributed by atoms with Crippen LogP contribution < -0.4 is 0 Å². The third kappa shape index (κ3) is 9.34. The Kier molecular flexibility index (Phi) is 8.78. The quantitative estimate of drug-likeness (QED) is 0.501. The van der Waals surface area contributed by atoms with Gasteiger partial charge in [-0.1, -0.05) is 19.3 Å². The normalized spacial score (nSPS) is 9.45. The standard InChI is InChI=1S/C9H14O2/c10-8-6-4-2-1-3-5-7-9-11/h1-7H2. The van der Waals surface area contributed by atoms with Crippen molar-refractivity contribution in [1.82, 2.24) is 0 Å². The van der Waals surface area contributed by atoms with Crippen molar-refractivity contribution in [1.29, 1.82) is 0 Å². The van der Waals surface area contributed by atoms with Gasteiger partial charge in [0.25, 0.3) is 0 Å². The fourth-order valence-electron chi connectivity index (χ4n) is 0.925. The molecule has 0 N–H and O–H groups in total. The predicted octanol–water partition coefficient (Wildman–Crippen LogP) is 1.94. The smallest absolute Gasteiger partial charge is 0.198 e. The molecule has 0 aromatic heterocycles. The molecule has 0 heterocycles. The van der Waals surface area contributed by atoms with Gasteiger partial charge in [0.15, 0.2) is 12.6 Å². The Hall–Kier alpha value is -0.660. The summed E-state index contributed by atoms with van der Waals surface area (Å²) < 4.78 is 0. The van der Waals surface area contributed by atoms with E-state index in [9.17, 15) is 9.59 Å². The van der Waals surface area contributed by atoms with E-state index in [0.29, 0.717) is 12.8 Å². The van der Waals surface area contributed by atoms with Crippen LogP contribution in [0.5, 0.6) is 0 Å². The second-order valence-corrected chi connectivity index (χ2v) is 2.56. The fourth-order valence-corrected chi connectivity index (χ4v) is 0.925. The monoisotopic (exact) mass is 154 g/mol. The van der Waals surface area contributed by atoms with Crippen molar-refractivity contribution >= 4 is 12.6 Å². The summed E-state index contributed by atoms with van der Waals surface area (Å²) in [7, 11) is 0. The van der Waals surface area contributed by atoms with Crippen LogP contribution in [0, 0.1) is 0 Å². The largest absolute Gasteiger partial charge is 0.291 e. The average Bonchev–Trinajstić information content (AvgIpc) is 2.03. The molecule has 0 aromatic rings. The summed E-state index contributed by atoms with van der Waals surface area (Å²) >= 11 is 0. The molecule has 11 heavy (non-hydrogen) atoms. The van der Waals surface area contributed by atoms with E-state index >= 15 is 0 Å². The number of hydrogen-bond acceptors (Lipinski definition) is 2. The van der Waals surface area contributed by atoms with E-state index in [0.717, 1.165) is 32.1 Å².